The second-order valence-corrected chi connectivity index (χ2v) is 11.3. The van der Waals surface area contributed by atoms with Crippen LogP contribution >= 0.6 is 8.09 Å². The van der Waals surface area contributed by atoms with Crippen LogP contribution in [0.3, 0.4) is 0 Å². The van der Waals surface area contributed by atoms with Crippen molar-refractivity contribution >= 4 is 31.2 Å². The Morgan fingerprint density at radius 3 is 2.70 bits per heavy atom. The number of ether oxygens (including phenoxy) is 3. The van der Waals surface area contributed by atoms with Crippen LogP contribution in [0.2, 0.25) is 0 Å². The Bertz CT molecular complexity index is 1390. The van der Waals surface area contributed by atoms with E-state index in [1.165, 1.54) is 6.92 Å². The zero-order valence-electron chi connectivity index (χ0n) is 22.1. The van der Waals surface area contributed by atoms with Gasteiger partial charge in [-0.25, -0.2) is 0 Å². The van der Waals surface area contributed by atoms with E-state index in [2.05, 4.69) is 20.0 Å². The third-order valence-corrected chi connectivity index (χ3v) is 7.83. The number of carbonyl (C=O) groups is 1. The molecule has 0 spiro atoms. The van der Waals surface area contributed by atoms with Crippen LogP contribution in [0, 0.1) is 0 Å². The third kappa shape index (κ3) is 6.07. The average molecular weight is 587 g/mol. The number of rotatable bonds is 11. The number of aromatic nitrogens is 4. The zero-order chi connectivity index (χ0) is 29.2. The van der Waals surface area contributed by atoms with Crippen LogP contribution in [0.25, 0.3) is 11.2 Å². The number of nitrogens with two attached hydrogens (primary N) is 1. The minimum absolute atomic E-state index is 0.0913. The molecule has 220 valence electrons. The number of esters is 1. The zero-order valence-corrected chi connectivity index (χ0v) is 23.1. The number of hydrogen-bond donors (Lipinski definition) is 5. The number of anilines is 1. The number of alkyl halides is 1. The van der Waals surface area contributed by atoms with Crippen molar-refractivity contribution in [2.75, 3.05) is 19.5 Å². The van der Waals surface area contributed by atoms with Gasteiger partial charge in [-0.15, -0.1) is 0 Å². The first-order valence-corrected chi connectivity index (χ1v) is 14.0. The van der Waals surface area contributed by atoms with Gasteiger partial charge in [0.2, 0.25) is 0 Å². The van der Waals surface area contributed by atoms with E-state index in [-0.39, 0.29) is 22.9 Å². The molecule has 0 aliphatic carbocycles. The van der Waals surface area contributed by atoms with E-state index < -0.39 is 62.7 Å². The molecular weight excluding hydrogens is 554 g/mol. The molecular formula is C23H32FN6O9P. The number of para-hydroxylation sites is 1. The number of fused-ring (bicyclic) bond motifs is 1. The van der Waals surface area contributed by atoms with Crippen molar-refractivity contribution in [1.29, 1.82) is 0 Å². The van der Waals surface area contributed by atoms with Crippen molar-refractivity contribution in [2.24, 2.45) is 0 Å². The summed E-state index contributed by atoms with van der Waals surface area (Å²) in [5.74, 6) is -2.89. The first-order chi connectivity index (χ1) is 18.9. The van der Waals surface area contributed by atoms with E-state index >= 15 is 4.39 Å². The summed E-state index contributed by atoms with van der Waals surface area (Å²) >= 11 is 0. The summed E-state index contributed by atoms with van der Waals surface area (Å²) in [6.07, 6.45) is -4.95. The molecule has 3 aromatic rings. The molecule has 4 rings (SSSR count). The van der Waals surface area contributed by atoms with E-state index in [1.54, 1.807) is 44.2 Å². The second-order valence-electron chi connectivity index (χ2n) is 9.33. The summed E-state index contributed by atoms with van der Waals surface area (Å²) < 4.78 is 44.4. The molecule has 0 saturated carbocycles. The molecule has 17 heteroatoms. The number of imidazole rings is 1. The van der Waals surface area contributed by atoms with Crippen LogP contribution in [0.4, 0.5) is 10.3 Å². The van der Waals surface area contributed by atoms with Crippen LogP contribution in [-0.2, 0) is 23.5 Å². The van der Waals surface area contributed by atoms with Crippen molar-refractivity contribution in [3.8, 4) is 5.75 Å². The van der Waals surface area contributed by atoms with E-state index in [0.717, 1.165) is 18.0 Å². The molecule has 15 nitrogen and oxygen atoms in total. The quantitative estimate of drug-likeness (QED) is 0.155. The van der Waals surface area contributed by atoms with E-state index in [1.807, 2.05) is 0 Å². The molecule has 0 amide bonds. The fraction of sp³-hybridized carbons (Fsp3) is 0.478. The van der Waals surface area contributed by atoms with Gasteiger partial charge in [-0.1, -0.05) is 0 Å². The molecule has 40 heavy (non-hydrogen) atoms. The SMILES string of the molecule is CO[C@]1(CO[PH](O)(N[C@H](C)C(=O)OC(C)C)Oc2ccccc2)O[C@@H](n2cnc3c(=O)[nH]c(N)nc32)[C@H](F)[C@@H]1O. The predicted octanol–water partition coefficient (Wildman–Crippen LogP) is 0.700. The van der Waals surface area contributed by atoms with Gasteiger partial charge in [0.05, 0.1) is 0 Å². The van der Waals surface area contributed by atoms with Gasteiger partial charge in [-0.05, 0) is 0 Å². The van der Waals surface area contributed by atoms with Gasteiger partial charge in [0, 0.05) is 0 Å². The Labute approximate surface area is 228 Å². The first kappa shape index (κ1) is 29.7. The maximum absolute atomic E-state index is 15.5. The number of H-pyrrole nitrogens is 1. The topological polar surface area (TPSA) is 205 Å². The number of nitrogen functional groups attached to an aromatic ring is 1. The molecule has 1 saturated heterocycles. The summed E-state index contributed by atoms with van der Waals surface area (Å²) in [5, 5.41) is 13.5. The number of aliphatic hydroxyl groups excluding tert-OH is 1. The van der Waals surface area contributed by atoms with Crippen LogP contribution in [-0.4, -0.2) is 79.4 Å². The fourth-order valence-corrected chi connectivity index (χ4v) is 5.76. The second kappa shape index (κ2) is 11.7. The summed E-state index contributed by atoms with van der Waals surface area (Å²) in [6.45, 7) is 4.02. The van der Waals surface area contributed by atoms with E-state index in [4.69, 9.17) is 29.0 Å². The van der Waals surface area contributed by atoms with Gasteiger partial charge >= 0.3 is 228 Å². The number of carbonyl (C=O) groups excluding carboxylic acids is 1. The molecule has 1 aromatic carbocycles. The number of aromatic amines is 1. The van der Waals surface area contributed by atoms with Crippen molar-refractivity contribution in [3.63, 3.8) is 0 Å². The Morgan fingerprint density at radius 1 is 1.35 bits per heavy atom. The van der Waals surface area contributed by atoms with Crippen LogP contribution in [0.1, 0.15) is 27.0 Å². The Hall–Kier alpha value is -3.24. The summed E-state index contributed by atoms with van der Waals surface area (Å²) in [7, 11) is -3.39. The number of methoxy groups -OCH3 is 1. The van der Waals surface area contributed by atoms with Gasteiger partial charge in [0.1, 0.15) is 0 Å². The van der Waals surface area contributed by atoms with E-state index in [0.29, 0.717) is 0 Å². The number of nitrogens with zero attached hydrogens (tertiary/aromatic N) is 3. The predicted molar refractivity (Wildman–Crippen MR) is 141 cm³/mol. The normalized spacial score (nSPS) is 24.4. The van der Waals surface area contributed by atoms with Gasteiger partial charge < -0.3 is 0 Å². The molecule has 5 atom stereocenters. The van der Waals surface area contributed by atoms with Gasteiger partial charge in [0.15, 0.2) is 0 Å². The number of halogens is 1. The molecule has 3 heterocycles. The molecule has 0 radical (unpaired) electrons. The monoisotopic (exact) mass is 586 g/mol. The van der Waals surface area contributed by atoms with E-state index in [9.17, 15) is 19.6 Å². The molecule has 0 unspecified atom stereocenters. The average Bonchev–Trinajstić information content (AvgIpc) is 3.42. The van der Waals surface area contributed by atoms with Gasteiger partial charge in [0.25, 0.3) is 0 Å². The molecule has 2 aromatic heterocycles. The number of hydrogen-bond acceptors (Lipinski definition) is 13. The summed E-state index contributed by atoms with van der Waals surface area (Å²) in [5.41, 5.74) is 4.75. The molecule has 0 bridgehead atoms. The number of nitrogens with one attached hydrogen (secondary N) is 2. The fourth-order valence-electron chi connectivity index (χ4n) is 4.04. The Balaban J connectivity index is 1.60. The van der Waals surface area contributed by atoms with Crippen molar-refractivity contribution in [2.45, 2.75) is 57.2 Å². The summed E-state index contributed by atoms with van der Waals surface area (Å²) in [6, 6.07) is 7.05. The van der Waals surface area contributed by atoms with Crippen LogP contribution in [0.5, 0.6) is 5.75 Å². The number of benzene rings is 1. The maximum atomic E-state index is 15.5. The first-order valence-electron chi connectivity index (χ1n) is 12.2. The van der Waals surface area contributed by atoms with Crippen LogP contribution < -0.4 is 20.9 Å². The molecule has 1 fully saturated rings. The number of aliphatic hydroxyl groups is 1. The Kier molecular flexibility index (Phi) is 8.70. The Morgan fingerprint density at radius 2 is 2.05 bits per heavy atom. The van der Waals surface area contributed by atoms with Gasteiger partial charge in [-0.2, -0.15) is 0 Å². The van der Waals surface area contributed by atoms with Gasteiger partial charge in [-0.3, -0.25) is 0 Å². The third-order valence-electron chi connectivity index (χ3n) is 5.99. The molecule has 1 aliphatic rings. The van der Waals surface area contributed by atoms with Crippen LogP contribution in [0.15, 0.2) is 41.5 Å². The minimum atomic E-state index is -4.53. The molecule has 6 N–H and O–H groups in total. The van der Waals surface area contributed by atoms with Crippen molar-refractivity contribution in [3.05, 3.63) is 47.0 Å². The summed E-state index contributed by atoms with van der Waals surface area (Å²) in [4.78, 5) is 46.2. The molecule has 1 aliphatic heterocycles. The van der Waals surface area contributed by atoms with Crippen molar-refractivity contribution < 1.29 is 42.4 Å². The standard InChI is InChI=1S/C23H32FN6O9P/c1-12(2)37-21(33)13(3)29-40(34,39-14-8-6-5-7-9-14)36-10-23(35-4)17(31)15(24)20(38-23)30-11-26-16-18(30)27-22(25)28-19(16)32/h5-9,11-13,15,17,20,29,31,34,40H,10H2,1-4H3,(H3,25,27,28,32)/t13-,15-,17+,20-,23-/m1/s1. The van der Waals surface area contributed by atoms with Crippen molar-refractivity contribution in [1.82, 2.24) is 24.6 Å².